The van der Waals surface area contributed by atoms with Gasteiger partial charge in [-0.05, 0) is 6.92 Å². The van der Waals surface area contributed by atoms with Gasteiger partial charge < -0.3 is 16.2 Å². The summed E-state index contributed by atoms with van der Waals surface area (Å²) in [5.41, 5.74) is 4.68. The summed E-state index contributed by atoms with van der Waals surface area (Å²) < 4.78 is 0. The molecule has 0 heterocycles. The number of carboxylic acids is 1. The number of amides is 2. The number of nitrogens with one attached hydrogen (secondary N) is 1. The van der Waals surface area contributed by atoms with Crippen LogP contribution in [-0.2, 0) is 4.79 Å². The Bertz CT molecular complexity index is 185. The van der Waals surface area contributed by atoms with Crippen molar-refractivity contribution in [2.45, 2.75) is 6.92 Å². The van der Waals surface area contributed by atoms with E-state index in [2.05, 4.69) is 5.73 Å². The van der Waals surface area contributed by atoms with Crippen LogP contribution in [-0.4, -0.2) is 17.1 Å². The van der Waals surface area contributed by atoms with Crippen LogP contribution in [0, 0.1) is 0 Å². The van der Waals surface area contributed by atoms with Crippen LogP contribution in [0.25, 0.3) is 0 Å². The van der Waals surface area contributed by atoms with Gasteiger partial charge in [-0.3, -0.25) is 0 Å². The van der Waals surface area contributed by atoms with Gasteiger partial charge in [0.05, 0.1) is 5.57 Å². The van der Waals surface area contributed by atoms with E-state index < -0.39 is 12.0 Å². The molecule has 4 N–H and O–H groups in total. The molecule has 0 aromatic rings. The van der Waals surface area contributed by atoms with Gasteiger partial charge in [-0.1, -0.05) is 0 Å². The third-order valence-corrected chi connectivity index (χ3v) is 0.768. The highest BCUT2D eigenvalue weighted by atomic mass is 16.4. The van der Waals surface area contributed by atoms with Gasteiger partial charge in [0.15, 0.2) is 0 Å². The van der Waals surface area contributed by atoms with Crippen LogP contribution in [0.2, 0.25) is 0 Å². The predicted octanol–water partition coefficient (Wildman–Crippen LogP) is -0.357. The summed E-state index contributed by atoms with van der Waals surface area (Å²) >= 11 is 0. The van der Waals surface area contributed by atoms with Crippen molar-refractivity contribution in [3.63, 3.8) is 0 Å². The normalized spacial score (nSPS) is 10.7. The molecule has 2 amide bonds. The van der Waals surface area contributed by atoms with E-state index in [1.165, 1.54) is 6.92 Å². The minimum Gasteiger partial charge on any atom is -0.478 e. The first-order valence-electron chi connectivity index (χ1n) is 2.50. The van der Waals surface area contributed by atoms with E-state index in [0.717, 1.165) is 6.20 Å². The van der Waals surface area contributed by atoms with Crippen molar-refractivity contribution in [2.24, 2.45) is 5.73 Å². The van der Waals surface area contributed by atoms with Gasteiger partial charge in [-0.25, -0.2) is 9.59 Å². The van der Waals surface area contributed by atoms with Gasteiger partial charge in [-0.2, -0.15) is 0 Å². The summed E-state index contributed by atoms with van der Waals surface area (Å²) in [7, 11) is 0. The Morgan fingerprint density at radius 3 is 2.40 bits per heavy atom. The fourth-order valence-corrected chi connectivity index (χ4v) is 0.241. The number of carbonyl (C=O) groups excluding carboxylic acids is 1. The van der Waals surface area contributed by atoms with Crippen LogP contribution in [0.5, 0.6) is 0 Å². The molecular formula is C5H8N2O3. The fraction of sp³-hybridized carbons (Fsp3) is 0.200. The summed E-state index contributed by atoms with van der Waals surface area (Å²) in [5.74, 6) is -1.09. The minimum atomic E-state index is -1.09. The average molecular weight is 144 g/mol. The Hall–Kier alpha value is -1.52. The van der Waals surface area contributed by atoms with Crippen LogP contribution in [0.15, 0.2) is 11.8 Å². The molecule has 0 fully saturated rings. The van der Waals surface area contributed by atoms with E-state index in [9.17, 15) is 9.59 Å². The van der Waals surface area contributed by atoms with E-state index in [4.69, 9.17) is 5.11 Å². The van der Waals surface area contributed by atoms with Crippen molar-refractivity contribution in [2.75, 3.05) is 0 Å². The summed E-state index contributed by atoms with van der Waals surface area (Å²) in [6.07, 6.45) is 1.03. The van der Waals surface area contributed by atoms with Gasteiger partial charge in [0, 0.05) is 6.20 Å². The standard InChI is InChI=1S/C5H8N2O3/c1-3(4(8)9)2-7-5(6)10/h2H,1H3,(H,8,9)(H3,6,7,10)/b3-2-. The molecule has 0 aliphatic rings. The molecule has 0 unspecified atom stereocenters. The number of urea groups is 1. The van der Waals surface area contributed by atoms with Crippen molar-refractivity contribution >= 4 is 12.0 Å². The zero-order valence-electron chi connectivity index (χ0n) is 5.42. The number of carboxylic acid groups (broad SMARTS) is 1. The molecule has 0 saturated carbocycles. The third kappa shape index (κ3) is 3.48. The van der Waals surface area contributed by atoms with Crippen LogP contribution in [0.4, 0.5) is 4.79 Å². The molecule has 56 valence electrons. The molecule has 0 atom stereocenters. The Morgan fingerprint density at radius 1 is 1.60 bits per heavy atom. The van der Waals surface area contributed by atoms with Gasteiger partial charge in [0.1, 0.15) is 0 Å². The quantitative estimate of drug-likeness (QED) is 0.462. The summed E-state index contributed by atoms with van der Waals surface area (Å²) in [6.45, 7) is 1.35. The molecule has 5 heteroatoms. The Morgan fingerprint density at radius 2 is 2.10 bits per heavy atom. The number of primary amides is 1. The molecule has 0 aliphatic heterocycles. The maximum atomic E-state index is 10.1. The summed E-state index contributed by atoms with van der Waals surface area (Å²) in [6, 6.07) is -0.777. The highest BCUT2D eigenvalue weighted by molar-refractivity contribution is 5.86. The maximum Gasteiger partial charge on any atom is 0.332 e. The Balaban J connectivity index is 3.92. The number of rotatable bonds is 2. The smallest absolute Gasteiger partial charge is 0.332 e. The fourth-order valence-electron chi connectivity index (χ4n) is 0.241. The summed E-state index contributed by atoms with van der Waals surface area (Å²) in [5, 5.41) is 10.3. The molecule has 0 aromatic carbocycles. The number of carbonyl (C=O) groups is 2. The van der Waals surface area contributed by atoms with Crippen molar-refractivity contribution in [3.05, 3.63) is 11.8 Å². The van der Waals surface area contributed by atoms with E-state index >= 15 is 0 Å². The highest BCUT2D eigenvalue weighted by Crippen LogP contribution is 1.87. The number of aliphatic carboxylic acids is 1. The summed E-state index contributed by atoms with van der Waals surface area (Å²) in [4.78, 5) is 20.1. The second-order valence-corrected chi connectivity index (χ2v) is 1.64. The first kappa shape index (κ1) is 8.48. The molecule has 0 rings (SSSR count). The maximum absolute atomic E-state index is 10.1. The van der Waals surface area contributed by atoms with Gasteiger partial charge in [0.2, 0.25) is 0 Å². The zero-order valence-corrected chi connectivity index (χ0v) is 5.42. The van der Waals surface area contributed by atoms with Gasteiger partial charge in [-0.15, -0.1) is 0 Å². The molecule has 0 aromatic heterocycles. The lowest BCUT2D eigenvalue weighted by atomic mass is 10.3. The van der Waals surface area contributed by atoms with Gasteiger partial charge >= 0.3 is 12.0 Å². The molecule has 0 radical (unpaired) electrons. The third-order valence-electron chi connectivity index (χ3n) is 0.768. The number of nitrogens with two attached hydrogens (primary N) is 1. The molecule has 0 bridgehead atoms. The SMILES string of the molecule is C/C(=C/NC(N)=O)C(=O)O. The van der Waals surface area contributed by atoms with Crippen LogP contribution < -0.4 is 11.1 Å². The van der Waals surface area contributed by atoms with Crippen molar-refractivity contribution < 1.29 is 14.7 Å². The lowest BCUT2D eigenvalue weighted by molar-refractivity contribution is -0.132. The molecule has 0 aliphatic carbocycles. The molecule has 0 saturated heterocycles. The Kier molecular flexibility index (Phi) is 2.96. The van der Waals surface area contributed by atoms with E-state index in [-0.39, 0.29) is 5.57 Å². The van der Waals surface area contributed by atoms with E-state index in [1.54, 1.807) is 0 Å². The van der Waals surface area contributed by atoms with E-state index in [0.29, 0.717) is 0 Å². The number of hydrogen-bond donors (Lipinski definition) is 3. The Labute approximate surface area is 57.5 Å². The lowest BCUT2D eigenvalue weighted by Gasteiger charge is -1.92. The van der Waals surface area contributed by atoms with Crippen LogP contribution in [0.3, 0.4) is 0 Å². The van der Waals surface area contributed by atoms with E-state index in [1.807, 2.05) is 5.32 Å². The molecule has 10 heavy (non-hydrogen) atoms. The number of hydrogen-bond acceptors (Lipinski definition) is 2. The van der Waals surface area contributed by atoms with Crippen molar-refractivity contribution in [1.82, 2.24) is 5.32 Å². The highest BCUT2D eigenvalue weighted by Gasteiger charge is 1.98. The first-order chi connectivity index (χ1) is 4.54. The first-order valence-corrected chi connectivity index (χ1v) is 2.50. The predicted molar refractivity (Wildman–Crippen MR) is 34.1 cm³/mol. The van der Waals surface area contributed by atoms with Crippen LogP contribution >= 0.6 is 0 Å². The lowest BCUT2D eigenvalue weighted by Crippen LogP contribution is -2.25. The topological polar surface area (TPSA) is 92.4 Å². The van der Waals surface area contributed by atoms with Crippen LogP contribution in [0.1, 0.15) is 6.92 Å². The van der Waals surface area contributed by atoms with Crippen molar-refractivity contribution in [1.29, 1.82) is 0 Å². The second kappa shape index (κ2) is 3.49. The minimum absolute atomic E-state index is 0.0267. The average Bonchev–Trinajstić information content (AvgIpc) is 1.82. The molecular weight excluding hydrogens is 136 g/mol. The second-order valence-electron chi connectivity index (χ2n) is 1.64. The van der Waals surface area contributed by atoms with Gasteiger partial charge in [0.25, 0.3) is 0 Å². The molecule has 5 nitrogen and oxygen atoms in total. The largest absolute Gasteiger partial charge is 0.478 e. The van der Waals surface area contributed by atoms with Crippen molar-refractivity contribution in [3.8, 4) is 0 Å². The monoisotopic (exact) mass is 144 g/mol. The molecule has 0 spiro atoms. The zero-order chi connectivity index (χ0) is 8.15.